The summed E-state index contributed by atoms with van der Waals surface area (Å²) in [5.41, 5.74) is 2.25. The number of aromatic nitrogens is 2. The average Bonchev–Trinajstić information content (AvgIpc) is 2.90. The summed E-state index contributed by atoms with van der Waals surface area (Å²) >= 11 is 13.1. The Bertz CT molecular complexity index is 1050. The lowest BCUT2D eigenvalue weighted by atomic mass is 9.83. The molecule has 0 spiro atoms. The molecule has 2 N–H and O–H groups in total. The van der Waals surface area contributed by atoms with E-state index >= 15 is 0 Å². The second kappa shape index (κ2) is 13.6. The summed E-state index contributed by atoms with van der Waals surface area (Å²) in [6, 6.07) is 5.71. The topological polar surface area (TPSA) is 68.3 Å². The molecule has 4 rings (SSSR count). The van der Waals surface area contributed by atoms with E-state index in [1.54, 1.807) is 6.20 Å². The molecule has 0 bridgehead atoms. The lowest BCUT2D eigenvalue weighted by molar-refractivity contribution is -0.211. The van der Waals surface area contributed by atoms with Crippen LogP contribution in [0.5, 0.6) is 0 Å². The average molecular weight is 576 g/mol. The van der Waals surface area contributed by atoms with E-state index in [-0.39, 0.29) is 12.6 Å². The first-order valence-electron chi connectivity index (χ1n) is 13.2. The monoisotopic (exact) mass is 574 g/mol. The lowest BCUT2D eigenvalue weighted by Crippen LogP contribution is -2.44. The molecular weight excluding hydrogens is 540 g/mol. The molecule has 6 nitrogen and oxygen atoms in total. The molecule has 2 aromatic heterocycles. The number of halogens is 5. The highest BCUT2D eigenvalue weighted by Gasteiger charge is 2.40. The Balaban J connectivity index is 1.34. The van der Waals surface area contributed by atoms with Gasteiger partial charge in [-0.05, 0) is 75.0 Å². The number of hydrogen-bond donors (Lipinski definition) is 2. The van der Waals surface area contributed by atoms with Gasteiger partial charge < -0.3 is 20.1 Å². The fourth-order valence-corrected chi connectivity index (χ4v) is 5.58. The van der Waals surface area contributed by atoms with Crippen molar-refractivity contribution in [3.05, 3.63) is 40.1 Å². The molecular formula is C27H35Cl2F3N4O2. The van der Waals surface area contributed by atoms with Gasteiger partial charge in [0.05, 0.1) is 15.7 Å². The zero-order valence-electron chi connectivity index (χ0n) is 21.5. The maximum Gasteiger partial charge on any atom is 0.415 e. The van der Waals surface area contributed by atoms with E-state index < -0.39 is 12.3 Å². The van der Waals surface area contributed by atoms with Gasteiger partial charge in [0.25, 0.3) is 0 Å². The predicted molar refractivity (Wildman–Crippen MR) is 144 cm³/mol. The highest BCUT2D eigenvalue weighted by Crippen LogP contribution is 2.35. The molecule has 1 aliphatic carbocycles. The van der Waals surface area contributed by atoms with Crippen molar-refractivity contribution < 1.29 is 22.6 Å². The molecule has 1 saturated heterocycles. The van der Waals surface area contributed by atoms with Crippen molar-refractivity contribution in [2.24, 2.45) is 11.8 Å². The van der Waals surface area contributed by atoms with E-state index in [0.717, 1.165) is 88.9 Å². The number of nitrogens with one attached hydrogen (secondary N) is 2. The SMILES string of the molecule is CO[C@H](CNC1CCC(Cc2cc(-c3nc(NCC4CCOCC4)ccc3Cl)c(Cl)cn2)CC1)C(F)(F)F. The van der Waals surface area contributed by atoms with Gasteiger partial charge in [0.1, 0.15) is 5.82 Å². The van der Waals surface area contributed by atoms with Gasteiger partial charge in [-0.1, -0.05) is 23.2 Å². The van der Waals surface area contributed by atoms with Gasteiger partial charge in [0.15, 0.2) is 6.10 Å². The maximum absolute atomic E-state index is 12.9. The summed E-state index contributed by atoms with van der Waals surface area (Å²) in [6.45, 7) is 2.19. The highest BCUT2D eigenvalue weighted by molar-refractivity contribution is 6.36. The maximum atomic E-state index is 12.9. The molecule has 0 amide bonds. The number of methoxy groups -OCH3 is 1. The molecule has 0 radical (unpaired) electrons. The van der Waals surface area contributed by atoms with Crippen LogP contribution in [0.3, 0.4) is 0 Å². The summed E-state index contributed by atoms with van der Waals surface area (Å²) in [5, 5.41) is 7.45. The number of nitrogens with zero attached hydrogens (tertiary/aromatic N) is 2. The standard InChI is InChI=1S/C27H35Cl2F3N4O2/c1-37-24(27(30,31)32)16-34-19-4-2-17(3-5-19)12-20-13-21(23(29)15-33-20)26-22(28)6-7-25(36-26)35-14-18-8-10-38-11-9-18/h6-7,13,15,17-19,24,34H,2-5,8-12,14,16H2,1H3,(H,35,36)/t17?,19?,24-/m1/s1. The molecule has 3 heterocycles. The van der Waals surface area contributed by atoms with Gasteiger partial charge in [0.2, 0.25) is 0 Å². The van der Waals surface area contributed by atoms with E-state index in [1.165, 1.54) is 0 Å². The Morgan fingerprint density at radius 1 is 1.05 bits per heavy atom. The molecule has 1 atom stereocenters. The van der Waals surface area contributed by atoms with Crippen molar-refractivity contribution in [1.82, 2.24) is 15.3 Å². The van der Waals surface area contributed by atoms with Crippen molar-refractivity contribution in [2.75, 3.05) is 38.7 Å². The van der Waals surface area contributed by atoms with E-state index in [1.807, 2.05) is 18.2 Å². The molecule has 38 heavy (non-hydrogen) atoms. The van der Waals surface area contributed by atoms with Crippen LogP contribution < -0.4 is 10.6 Å². The van der Waals surface area contributed by atoms with Crippen molar-refractivity contribution in [2.45, 2.75) is 63.3 Å². The third-order valence-electron chi connectivity index (χ3n) is 7.51. The van der Waals surface area contributed by atoms with Gasteiger partial charge >= 0.3 is 6.18 Å². The minimum absolute atomic E-state index is 0.0550. The first-order valence-corrected chi connectivity index (χ1v) is 13.9. The normalized spacial score (nSPS) is 21.8. The zero-order chi connectivity index (χ0) is 27.1. The Morgan fingerprint density at radius 2 is 1.79 bits per heavy atom. The summed E-state index contributed by atoms with van der Waals surface area (Å²) in [5.74, 6) is 1.70. The van der Waals surface area contributed by atoms with Crippen LogP contribution in [0.1, 0.15) is 44.2 Å². The number of hydrogen-bond acceptors (Lipinski definition) is 6. The Kier molecular flexibility index (Phi) is 10.5. The molecule has 2 fully saturated rings. The van der Waals surface area contributed by atoms with Gasteiger partial charge in [-0.15, -0.1) is 0 Å². The molecule has 0 unspecified atom stereocenters. The van der Waals surface area contributed by atoms with Crippen molar-refractivity contribution in [1.29, 1.82) is 0 Å². The molecule has 2 aromatic rings. The van der Waals surface area contributed by atoms with E-state index in [4.69, 9.17) is 32.9 Å². The van der Waals surface area contributed by atoms with E-state index in [2.05, 4.69) is 20.4 Å². The summed E-state index contributed by atoms with van der Waals surface area (Å²) in [7, 11) is 1.09. The predicted octanol–water partition coefficient (Wildman–Crippen LogP) is 6.56. The van der Waals surface area contributed by atoms with Crippen LogP contribution in [0.15, 0.2) is 24.4 Å². The molecule has 1 saturated carbocycles. The van der Waals surface area contributed by atoms with E-state index in [9.17, 15) is 13.2 Å². The fourth-order valence-electron chi connectivity index (χ4n) is 5.18. The minimum atomic E-state index is -4.37. The Hall–Kier alpha value is -1.65. The molecule has 1 aliphatic heterocycles. The molecule has 210 valence electrons. The molecule has 11 heteroatoms. The van der Waals surface area contributed by atoms with Crippen LogP contribution in [-0.2, 0) is 15.9 Å². The Labute approximate surface area is 232 Å². The number of anilines is 1. The molecule has 2 aliphatic rings. The summed E-state index contributed by atoms with van der Waals surface area (Å²) < 4.78 is 48.8. The second-order valence-electron chi connectivity index (χ2n) is 10.2. The summed E-state index contributed by atoms with van der Waals surface area (Å²) in [4.78, 5) is 9.30. The first kappa shape index (κ1) is 29.3. The number of ether oxygens (including phenoxy) is 2. The van der Waals surface area contributed by atoms with Crippen LogP contribution in [0, 0.1) is 11.8 Å². The van der Waals surface area contributed by atoms with Crippen molar-refractivity contribution in [3.8, 4) is 11.3 Å². The van der Waals surface area contributed by atoms with Crippen LogP contribution in [-0.4, -0.2) is 61.7 Å². The van der Waals surface area contributed by atoms with Gasteiger partial charge in [0, 0.05) is 56.9 Å². The zero-order valence-corrected chi connectivity index (χ0v) is 23.0. The van der Waals surface area contributed by atoms with Gasteiger partial charge in [-0.25, -0.2) is 4.98 Å². The third kappa shape index (κ3) is 8.18. The smallest absolute Gasteiger partial charge is 0.381 e. The third-order valence-corrected chi connectivity index (χ3v) is 8.12. The van der Waals surface area contributed by atoms with Crippen LogP contribution in [0.25, 0.3) is 11.3 Å². The lowest BCUT2D eigenvalue weighted by Gasteiger charge is -2.30. The largest absolute Gasteiger partial charge is 0.415 e. The Morgan fingerprint density at radius 3 is 2.47 bits per heavy atom. The van der Waals surface area contributed by atoms with Crippen molar-refractivity contribution in [3.63, 3.8) is 0 Å². The quantitative estimate of drug-likeness (QED) is 0.335. The van der Waals surface area contributed by atoms with Crippen LogP contribution in [0.4, 0.5) is 19.0 Å². The second-order valence-corrected chi connectivity index (χ2v) is 11.0. The van der Waals surface area contributed by atoms with Gasteiger partial charge in [-0.3, -0.25) is 4.98 Å². The fraction of sp³-hybridized carbons (Fsp3) is 0.630. The number of pyridine rings is 2. The summed E-state index contributed by atoms with van der Waals surface area (Å²) in [6.07, 6.45) is 1.76. The van der Waals surface area contributed by atoms with Crippen LogP contribution >= 0.6 is 23.2 Å². The first-order chi connectivity index (χ1) is 18.2. The van der Waals surface area contributed by atoms with Crippen molar-refractivity contribution >= 4 is 29.0 Å². The van der Waals surface area contributed by atoms with Crippen LogP contribution in [0.2, 0.25) is 10.0 Å². The highest BCUT2D eigenvalue weighted by atomic mass is 35.5. The number of rotatable bonds is 10. The molecule has 0 aromatic carbocycles. The van der Waals surface area contributed by atoms with E-state index in [0.29, 0.717) is 27.6 Å². The minimum Gasteiger partial charge on any atom is -0.381 e. The number of alkyl halides is 3. The van der Waals surface area contributed by atoms with Gasteiger partial charge in [-0.2, -0.15) is 13.2 Å².